The van der Waals surface area contributed by atoms with Crippen molar-refractivity contribution in [1.82, 2.24) is 14.9 Å². The summed E-state index contributed by atoms with van der Waals surface area (Å²) in [5.41, 5.74) is 1.64. The topological polar surface area (TPSA) is 83.0 Å². The van der Waals surface area contributed by atoms with Gasteiger partial charge in [-0.2, -0.15) is 4.31 Å². The molecular formula is C18H26N4O3S. The van der Waals surface area contributed by atoms with Gasteiger partial charge >= 0.3 is 0 Å². The first-order valence-corrected chi connectivity index (χ1v) is 10.3. The summed E-state index contributed by atoms with van der Waals surface area (Å²) in [7, 11) is -3.37. The van der Waals surface area contributed by atoms with Crippen LogP contribution < -0.4 is 10.6 Å². The van der Waals surface area contributed by atoms with Crippen molar-refractivity contribution in [3.63, 3.8) is 0 Å². The smallest absolute Gasteiger partial charge is 0.218 e. The molecule has 142 valence electrons. The average Bonchev–Trinajstić information content (AvgIpc) is 2.65. The molecule has 0 aliphatic carbocycles. The summed E-state index contributed by atoms with van der Waals surface area (Å²) < 4.78 is 32.1. The second-order valence-corrected chi connectivity index (χ2v) is 7.76. The van der Waals surface area contributed by atoms with E-state index in [0.717, 1.165) is 11.1 Å². The van der Waals surface area contributed by atoms with Gasteiger partial charge in [0.05, 0.1) is 32.1 Å². The van der Waals surface area contributed by atoms with E-state index in [1.807, 2.05) is 31.2 Å². The first-order valence-electron chi connectivity index (χ1n) is 8.65. The van der Waals surface area contributed by atoms with Crippen LogP contribution in [0.4, 0.5) is 0 Å². The molecule has 0 bridgehead atoms. The predicted molar refractivity (Wildman–Crippen MR) is 103 cm³/mol. The lowest BCUT2D eigenvalue weighted by Crippen LogP contribution is -2.41. The zero-order valence-electron chi connectivity index (χ0n) is 15.1. The SMILES string of the molecule is C#CCNC(=NCc1ccccc1CS(=O)(=O)N1CCOCC1)NCC. The summed E-state index contributed by atoms with van der Waals surface area (Å²) in [6, 6.07) is 7.47. The second kappa shape index (κ2) is 10.2. The van der Waals surface area contributed by atoms with Crippen LogP contribution in [-0.2, 0) is 27.1 Å². The highest BCUT2D eigenvalue weighted by molar-refractivity contribution is 7.88. The van der Waals surface area contributed by atoms with Crippen LogP contribution in [-0.4, -0.2) is 58.1 Å². The van der Waals surface area contributed by atoms with E-state index in [-0.39, 0.29) is 5.75 Å². The minimum Gasteiger partial charge on any atom is -0.379 e. The number of rotatable bonds is 7. The number of terminal acetylenes is 1. The van der Waals surface area contributed by atoms with Gasteiger partial charge in [-0.15, -0.1) is 6.42 Å². The molecular weight excluding hydrogens is 352 g/mol. The molecule has 0 unspecified atom stereocenters. The molecule has 8 heteroatoms. The number of hydrogen-bond acceptors (Lipinski definition) is 4. The predicted octanol–water partition coefficient (Wildman–Crippen LogP) is 0.537. The maximum atomic E-state index is 12.7. The van der Waals surface area contributed by atoms with Crippen molar-refractivity contribution >= 4 is 16.0 Å². The Hall–Kier alpha value is -2.08. The van der Waals surface area contributed by atoms with Crippen LogP contribution in [0.5, 0.6) is 0 Å². The summed E-state index contributed by atoms with van der Waals surface area (Å²) in [5, 5.41) is 6.13. The Morgan fingerprint density at radius 2 is 1.96 bits per heavy atom. The van der Waals surface area contributed by atoms with Crippen LogP contribution in [0, 0.1) is 12.3 Å². The molecule has 7 nitrogen and oxygen atoms in total. The largest absolute Gasteiger partial charge is 0.379 e. The van der Waals surface area contributed by atoms with E-state index in [2.05, 4.69) is 21.5 Å². The maximum absolute atomic E-state index is 12.7. The van der Waals surface area contributed by atoms with Gasteiger partial charge in [0.15, 0.2) is 5.96 Å². The Balaban J connectivity index is 2.12. The van der Waals surface area contributed by atoms with Gasteiger partial charge in [0.25, 0.3) is 0 Å². The molecule has 2 rings (SSSR count). The quantitative estimate of drug-likeness (QED) is 0.411. The first-order chi connectivity index (χ1) is 12.6. The van der Waals surface area contributed by atoms with E-state index in [1.165, 1.54) is 4.31 Å². The van der Waals surface area contributed by atoms with Gasteiger partial charge in [-0.25, -0.2) is 13.4 Å². The molecule has 0 saturated carbocycles. The molecule has 0 aromatic heterocycles. The van der Waals surface area contributed by atoms with Crippen molar-refractivity contribution in [2.75, 3.05) is 39.4 Å². The highest BCUT2D eigenvalue weighted by atomic mass is 32.2. The monoisotopic (exact) mass is 378 g/mol. The average molecular weight is 378 g/mol. The molecule has 1 saturated heterocycles. The van der Waals surface area contributed by atoms with E-state index in [0.29, 0.717) is 51.9 Å². The summed E-state index contributed by atoms with van der Waals surface area (Å²) >= 11 is 0. The van der Waals surface area contributed by atoms with Crippen LogP contribution in [0.25, 0.3) is 0 Å². The van der Waals surface area contributed by atoms with Crippen molar-refractivity contribution in [2.45, 2.75) is 19.2 Å². The van der Waals surface area contributed by atoms with E-state index in [9.17, 15) is 8.42 Å². The number of nitrogens with zero attached hydrogens (tertiary/aromatic N) is 2. The lowest BCUT2D eigenvalue weighted by atomic mass is 10.1. The normalized spacial score (nSPS) is 16.1. The lowest BCUT2D eigenvalue weighted by molar-refractivity contribution is 0.0729. The fourth-order valence-corrected chi connectivity index (χ4v) is 4.17. The molecule has 1 heterocycles. The Morgan fingerprint density at radius 3 is 2.62 bits per heavy atom. The maximum Gasteiger partial charge on any atom is 0.218 e. The molecule has 1 aliphatic heterocycles. The number of nitrogens with one attached hydrogen (secondary N) is 2. The number of hydrogen-bond donors (Lipinski definition) is 2. The summed E-state index contributed by atoms with van der Waals surface area (Å²) in [5.74, 6) is 3.08. The van der Waals surface area contributed by atoms with Crippen molar-refractivity contribution in [2.24, 2.45) is 4.99 Å². The number of morpholine rings is 1. The highest BCUT2D eigenvalue weighted by Crippen LogP contribution is 2.17. The Labute approximate surface area is 155 Å². The Bertz CT molecular complexity index is 750. The third kappa shape index (κ3) is 6.02. The van der Waals surface area contributed by atoms with Crippen LogP contribution >= 0.6 is 0 Å². The van der Waals surface area contributed by atoms with Crippen LogP contribution in [0.1, 0.15) is 18.1 Å². The molecule has 1 aromatic carbocycles. The molecule has 0 atom stereocenters. The van der Waals surface area contributed by atoms with Gasteiger partial charge in [0, 0.05) is 19.6 Å². The number of sulfonamides is 1. The minimum absolute atomic E-state index is 0.0347. The molecule has 1 fully saturated rings. The molecule has 0 radical (unpaired) electrons. The summed E-state index contributed by atoms with van der Waals surface area (Å²) in [6.07, 6.45) is 5.27. The lowest BCUT2D eigenvalue weighted by Gasteiger charge is -2.26. The fraction of sp³-hybridized carbons (Fsp3) is 0.500. The van der Waals surface area contributed by atoms with Gasteiger partial charge < -0.3 is 15.4 Å². The number of aliphatic imine (C=N–C) groups is 1. The summed E-state index contributed by atoms with van der Waals surface area (Å²) in [6.45, 7) is 5.12. The standard InChI is InChI=1S/C18H26N4O3S/c1-3-9-20-18(19-4-2)21-14-16-7-5-6-8-17(16)15-26(23,24)22-10-12-25-13-11-22/h1,5-8H,4,9-15H2,2H3,(H2,19,20,21). The van der Waals surface area contributed by atoms with E-state index >= 15 is 0 Å². The van der Waals surface area contributed by atoms with E-state index < -0.39 is 10.0 Å². The molecule has 2 N–H and O–H groups in total. The van der Waals surface area contributed by atoms with Gasteiger partial charge in [0.1, 0.15) is 0 Å². The van der Waals surface area contributed by atoms with Crippen molar-refractivity contribution < 1.29 is 13.2 Å². The van der Waals surface area contributed by atoms with E-state index in [1.54, 1.807) is 0 Å². The highest BCUT2D eigenvalue weighted by Gasteiger charge is 2.25. The summed E-state index contributed by atoms with van der Waals surface area (Å²) in [4.78, 5) is 4.49. The Morgan fingerprint density at radius 1 is 1.27 bits per heavy atom. The zero-order valence-corrected chi connectivity index (χ0v) is 15.9. The van der Waals surface area contributed by atoms with Gasteiger partial charge in [-0.3, -0.25) is 0 Å². The molecule has 1 aliphatic rings. The molecule has 26 heavy (non-hydrogen) atoms. The number of benzene rings is 1. The zero-order chi connectivity index (χ0) is 18.8. The fourth-order valence-electron chi connectivity index (χ4n) is 2.61. The van der Waals surface area contributed by atoms with Crippen LogP contribution in [0.15, 0.2) is 29.3 Å². The van der Waals surface area contributed by atoms with Crippen molar-refractivity contribution in [3.05, 3.63) is 35.4 Å². The van der Waals surface area contributed by atoms with Crippen LogP contribution in [0.2, 0.25) is 0 Å². The minimum atomic E-state index is -3.37. The van der Waals surface area contributed by atoms with Gasteiger partial charge in [0.2, 0.25) is 10.0 Å². The Kier molecular flexibility index (Phi) is 7.91. The molecule has 1 aromatic rings. The van der Waals surface area contributed by atoms with Crippen LogP contribution in [0.3, 0.4) is 0 Å². The van der Waals surface area contributed by atoms with E-state index in [4.69, 9.17) is 11.2 Å². The number of ether oxygens (including phenoxy) is 1. The first kappa shape index (κ1) is 20.2. The third-order valence-corrected chi connectivity index (χ3v) is 5.76. The second-order valence-electron chi connectivity index (χ2n) is 5.79. The van der Waals surface area contributed by atoms with Gasteiger partial charge in [-0.05, 0) is 18.1 Å². The molecule has 0 amide bonds. The third-order valence-electron chi connectivity index (χ3n) is 3.93. The van der Waals surface area contributed by atoms with Crippen molar-refractivity contribution in [1.29, 1.82) is 0 Å². The molecule has 0 spiro atoms. The van der Waals surface area contributed by atoms with Gasteiger partial charge in [-0.1, -0.05) is 30.2 Å². The number of guanidine groups is 1. The van der Waals surface area contributed by atoms with Crippen molar-refractivity contribution in [3.8, 4) is 12.3 Å².